The molecular weight excluding hydrogens is 700 g/mol. The van der Waals surface area contributed by atoms with Crippen molar-refractivity contribution in [2.75, 3.05) is 6.54 Å². The average Bonchev–Trinajstić information content (AvgIpc) is 3.53. The van der Waals surface area contributed by atoms with Gasteiger partial charge in [-0.1, -0.05) is 48.4 Å². The summed E-state index contributed by atoms with van der Waals surface area (Å²) < 4.78 is 12.7. The number of carbonyl (C=O) groups is 1. The van der Waals surface area contributed by atoms with Gasteiger partial charge in [0.05, 0.1) is 33.5 Å². The van der Waals surface area contributed by atoms with Gasteiger partial charge in [0.2, 0.25) is 0 Å². The minimum Gasteiger partial charge on any atom is -0.488 e. The predicted molar refractivity (Wildman–Crippen MR) is 207 cm³/mol. The Kier molecular flexibility index (Phi) is 10.3. The highest BCUT2D eigenvalue weighted by atomic mass is 35.5. The molecule has 0 spiro atoms. The standard InChI is InChI=1S/C43H41ClN6O4/c1-26-30(5-4-6-35(26)29-8-11-37-38(17-29)49-39(22-47-37)31-14-33-9-10-34(15-31)48-33)25-54-42-18-41(53-24-28-13-27(19-45)20-46-21-28)32(16-36(42)44)23-50-12-3-2-7-40(50)43(51)52/h4-6,8,11,13-14,16-18,20-22,33-34,40,48H,2-3,7,9-10,12,15,23-25H2,1H3,(H,51,52). The van der Waals surface area contributed by atoms with Crippen LogP contribution in [0.3, 0.4) is 0 Å². The maximum Gasteiger partial charge on any atom is 0.320 e. The highest BCUT2D eigenvalue weighted by molar-refractivity contribution is 6.32. The lowest BCUT2D eigenvalue weighted by Crippen LogP contribution is -2.44. The molecule has 2 aromatic heterocycles. The number of hydrogen-bond donors (Lipinski definition) is 2. The molecule has 2 bridgehead atoms. The van der Waals surface area contributed by atoms with Crippen molar-refractivity contribution < 1.29 is 19.4 Å². The van der Waals surface area contributed by atoms with Crippen molar-refractivity contribution in [2.45, 2.75) is 83.3 Å². The Labute approximate surface area is 319 Å². The summed E-state index contributed by atoms with van der Waals surface area (Å²) in [5.41, 5.74) is 10.1. The van der Waals surface area contributed by atoms with E-state index in [1.54, 1.807) is 18.3 Å². The monoisotopic (exact) mass is 740 g/mol. The number of nitrogens with one attached hydrogen (secondary N) is 1. The molecule has 3 aromatic carbocycles. The molecule has 274 valence electrons. The first-order chi connectivity index (χ1) is 26.3. The molecule has 11 heteroatoms. The lowest BCUT2D eigenvalue weighted by molar-refractivity contribution is -0.144. The molecule has 0 saturated carbocycles. The van der Waals surface area contributed by atoms with Crippen LogP contribution in [0.1, 0.15) is 72.0 Å². The topological polar surface area (TPSA) is 133 Å². The van der Waals surface area contributed by atoms with Gasteiger partial charge in [0, 0.05) is 48.2 Å². The van der Waals surface area contributed by atoms with Crippen LogP contribution >= 0.6 is 11.6 Å². The zero-order valence-corrected chi connectivity index (χ0v) is 30.9. The van der Waals surface area contributed by atoms with Crippen molar-refractivity contribution in [2.24, 2.45) is 0 Å². The van der Waals surface area contributed by atoms with Crippen molar-refractivity contribution in [3.8, 4) is 28.7 Å². The van der Waals surface area contributed by atoms with Gasteiger partial charge in [-0.15, -0.1) is 0 Å². The zero-order valence-electron chi connectivity index (χ0n) is 30.1. The number of likely N-dealkylation sites (tertiary alicyclic amines) is 1. The van der Waals surface area contributed by atoms with Crippen LogP contribution in [-0.2, 0) is 24.6 Å². The number of nitrogens with zero attached hydrogens (tertiary/aromatic N) is 5. The van der Waals surface area contributed by atoms with Crippen molar-refractivity contribution in [1.29, 1.82) is 5.26 Å². The fourth-order valence-electron chi connectivity index (χ4n) is 7.96. The van der Waals surface area contributed by atoms with Crippen LogP contribution < -0.4 is 14.8 Å². The molecular formula is C43H41ClN6O4. The normalized spacial score (nSPS) is 19.6. The number of aromatic nitrogens is 3. The van der Waals surface area contributed by atoms with E-state index in [0.717, 1.165) is 69.4 Å². The number of rotatable bonds is 11. The van der Waals surface area contributed by atoms with E-state index >= 15 is 0 Å². The molecule has 54 heavy (non-hydrogen) atoms. The lowest BCUT2D eigenvalue weighted by atomic mass is 9.96. The number of fused-ring (bicyclic) bond motifs is 3. The van der Waals surface area contributed by atoms with Crippen LogP contribution in [0.15, 0.2) is 79.3 Å². The first-order valence-corrected chi connectivity index (χ1v) is 18.9. The first-order valence-electron chi connectivity index (χ1n) is 18.5. The Bertz CT molecular complexity index is 2300. The summed E-state index contributed by atoms with van der Waals surface area (Å²) >= 11 is 6.87. The van der Waals surface area contributed by atoms with Gasteiger partial charge >= 0.3 is 5.97 Å². The van der Waals surface area contributed by atoms with Gasteiger partial charge in [0.25, 0.3) is 0 Å². The molecule has 2 saturated heterocycles. The Balaban J connectivity index is 1.04. The van der Waals surface area contributed by atoms with Crippen molar-refractivity contribution in [3.63, 3.8) is 0 Å². The number of pyridine rings is 1. The summed E-state index contributed by atoms with van der Waals surface area (Å²) in [5.74, 6) is 0.149. The minimum atomic E-state index is -0.831. The SMILES string of the molecule is Cc1c(COc2cc(OCc3cncc(C#N)c3)c(CN3CCCCC3C(=O)O)cc2Cl)cccc1-c1ccc2ncc(C3=CC4CCC(C3)N4)nc2c1. The number of nitriles is 1. The van der Waals surface area contributed by atoms with Gasteiger partial charge in [0.15, 0.2) is 0 Å². The number of aliphatic carboxylic acids is 1. The highest BCUT2D eigenvalue weighted by Crippen LogP contribution is 2.37. The number of carboxylic acid groups (broad SMARTS) is 1. The summed E-state index contributed by atoms with van der Waals surface area (Å²) in [5, 5.41) is 23.3. The highest BCUT2D eigenvalue weighted by Gasteiger charge is 2.30. The molecule has 0 amide bonds. The summed E-state index contributed by atoms with van der Waals surface area (Å²) in [7, 11) is 0. The van der Waals surface area contributed by atoms with E-state index in [2.05, 4.69) is 47.6 Å². The third-order valence-electron chi connectivity index (χ3n) is 10.9. The van der Waals surface area contributed by atoms with Crippen LogP contribution in [0.2, 0.25) is 5.02 Å². The molecule has 2 fully saturated rings. The Morgan fingerprint density at radius 3 is 2.74 bits per heavy atom. The number of halogens is 1. The molecule has 0 radical (unpaired) electrons. The molecule has 5 heterocycles. The van der Waals surface area contributed by atoms with E-state index in [1.807, 2.05) is 35.4 Å². The van der Waals surface area contributed by atoms with E-state index in [1.165, 1.54) is 24.6 Å². The van der Waals surface area contributed by atoms with Crippen molar-refractivity contribution >= 4 is 34.2 Å². The zero-order chi connectivity index (χ0) is 37.2. The first kappa shape index (κ1) is 35.7. The van der Waals surface area contributed by atoms with Gasteiger partial charge < -0.3 is 19.9 Å². The van der Waals surface area contributed by atoms with Crippen LogP contribution in [0.4, 0.5) is 0 Å². The number of carboxylic acids is 1. The Morgan fingerprint density at radius 1 is 1.00 bits per heavy atom. The second-order valence-electron chi connectivity index (χ2n) is 14.5. The van der Waals surface area contributed by atoms with E-state index < -0.39 is 12.0 Å². The van der Waals surface area contributed by atoms with E-state index in [-0.39, 0.29) is 13.2 Å². The second-order valence-corrected chi connectivity index (χ2v) is 14.9. The van der Waals surface area contributed by atoms with E-state index in [9.17, 15) is 15.2 Å². The van der Waals surface area contributed by atoms with Gasteiger partial charge in [-0.05, 0) is 97.7 Å². The molecule has 3 atom stereocenters. The lowest BCUT2D eigenvalue weighted by Gasteiger charge is -2.33. The summed E-state index contributed by atoms with van der Waals surface area (Å²) in [6, 6.07) is 20.2. The molecule has 8 rings (SSSR count). The van der Waals surface area contributed by atoms with Gasteiger partial charge in [-0.25, -0.2) is 4.98 Å². The molecule has 3 aliphatic rings. The average molecular weight is 741 g/mol. The molecule has 5 aromatic rings. The van der Waals surface area contributed by atoms with Gasteiger partial charge in [0.1, 0.15) is 36.8 Å². The van der Waals surface area contributed by atoms with Gasteiger partial charge in [-0.3, -0.25) is 19.7 Å². The maximum atomic E-state index is 12.1. The molecule has 10 nitrogen and oxygen atoms in total. The van der Waals surface area contributed by atoms with E-state index in [0.29, 0.717) is 53.7 Å². The van der Waals surface area contributed by atoms with E-state index in [4.69, 9.17) is 31.0 Å². The number of ether oxygens (including phenoxy) is 2. The van der Waals surface area contributed by atoms with Crippen LogP contribution in [0.25, 0.3) is 27.7 Å². The molecule has 3 unspecified atom stereocenters. The fraction of sp³-hybridized carbons (Fsp3) is 0.326. The smallest absolute Gasteiger partial charge is 0.320 e. The second kappa shape index (κ2) is 15.6. The largest absolute Gasteiger partial charge is 0.488 e. The minimum absolute atomic E-state index is 0.160. The molecule has 3 aliphatic heterocycles. The Hall–Kier alpha value is -5.34. The maximum absolute atomic E-state index is 12.1. The fourth-order valence-corrected chi connectivity index (χ4v) is 8.20. The summed E-state index contributed by atoms with van der Waals surface area (Å²) in [4.78, 5) is 28.0. The number of benzene rings is 3. The van der Waals surface area contributed by atoms with Crippen LogP contribution in [0, 0.1) is 18.3 Å². The summed E-state index contributed by atoms with van der Waals surface area (Å²) in [6.45, 7) is 3.54. The van der Waals surface area contributed by atoms with Crippen LogP contribution in [-0.4, -0.2) is 55.6 Å². The molecule has 0 aliphatic carbocycles. The van der Waals surface area contributed by atoms with Crippen LogP contribution in [0.5, 0.6) is 11.5 Å². The van der Waals surface area contributed by atoms with Gasteiger partial charge in [-0.2, -0.15) is 5.26 Å². The molecule has 2 N–H and O–H groups in total. The quantitative estimate of drug-likeness (QED) is 0.137. The predicted octanol–water partition coefficient (Wildman–Crippen LogP) is 8.03. The third kappa shape index (κ3) is 7.66. The van der Waals surface area contributed by atoms with Crippen molar-refractivity contribution in [3.05, 3.63) is 118 Å². The number of hydrogen-bond acceptors (Lipinski definition) is 9. The third-order valence-corrected chi connectivity index (χ3v) is 11.2. The van der Waals surface area contributed by atoms with Crippen molar-refractivity contribution in [1.82, 2.24) is 25.2 Å². The Morgan fingerprint density at radius 2 is 1.89 bits per heavy atom. The number of piperidine rings is 1. The summed E-state index contributed by atoms with van der Waals surface area (Å²) in [6.07, 6.45) is 13.1.